The number of rotatable bonds is 2. The molecule has 1 nitrogen and oxygen atoms in total. The number of piperidine rings is 1. The van der Waals surface area contributed by atoms with Gasteiger partial charge in [0.2, 0.25) is 0 Å². The van der Waals surface area contributed by atoms with Gasteiger partial charge in [-0.15, -0.1) is 0 Å². The van der Waals surface area contributed by atoms with Gasteiger partial charge in [0.05, 0.1) is 0 Å². The molecule has 1 heteroatoms. The third-order valence-corrected chi connectivity index (χ3v) is 3.58. The first-order valence-corrected chi connectivity index (χ1v) is 6.07. The third kappa shape index (κ3) is 2.60. The smallest absolute Gasteiger partial charge is 0.0239 e. The molecule has 1 aromatic carbocycles. The fourth-order valence-electron chi connectivity index (χ4n) is 2.58. The normalized spacial score (nSPS) is 27.9. The summed E-state index contributed by atoms with van der Waals surface area (Å²) in [6, 6.07) is 12.3. The van der Waals surface area contributed by atoms with Gasteiger partial charge in [-0.1, -0.05) is 36.8 Å². The summed E-state index contributed by atoms with van der Waals surface area (Å²) in [7, 11) is 0. The first-order chi connectivity index (χ1) is 7.27. The van der Waals surface area contributed by atoms with Crippen molar-refractivity contribution < 1.29 is 0 Å². The van der Waals surface area contributed by atoms with Crippen molar-refractivity contribution >= 4 is 0 Å². The van der Waals surface area contributed by atoms with Gasteiger partial charge in [0.25, 0.3) is 0 Å². The van der Waals surface area contributed by atoms with Gasteiger partial charge in [-0.05, 0) is 32.3 Å². The second-order valence-electron chi connectivity index (χ2n) is 4.79. The Kier molecular flexibility index (Phi) is 3.42. The van der Waals surface area contributed by atoms with Crippen LogP contribution >= 0.6 is 0 Å². The van der Waals surface area contributed by atoms with Crippen molar-refractivity contribution in [1.82, 2.24) is 4.90 Å². The lowest BCUT2D eigenvalue weighted by atomic mass is 9.97. The summed E-state index contributed by atoms with van der Waals surface area (Å²) in [5.41, 5.74) is 1.44. The minimum atomic E-state index is 0.744. The van der Waals surface area contributed by atoms with Gasteiger partial charge in [-0.25, -0.2) is 0 Å². The number of hydrogen-bond acceptors (Lipinski definition) is 1. The highest BCUT2D eigenvalue weighted by Gasteiger charge is 2.24. The lowest BCUT2D eigenvalue weighted by Crippen LogP contribution is -2.42. The van der Waals surface area contributed by atoms with Crippen LogP contribution in [0.3, 0.4) is 0 Å². The van der Waals surface area contributed by atoms with Gasteiger partial charge in [0.15, 0.2) is 0 Å². The van der Waals surface area contributed by atoms with Crippen molar-refractivity contribution in [3.63, 3.8) is 0 Å². The minimum absolute atomic E-state index is 0.744. The zero-order valence-corrected chi connectivity index (χ0v) is 9.82. The molecule has 1 saturated heterocycles. The number of likely N-dealkylation sites (tertiary alicyclic amines) is 1. The molecule has 0 aromatic heterocycles. The van der Waals surface area contributed by atoms with E-state index in [0.29, 0.717) is 0 Å². The quantitative estimate of drug-likeness (QED) is 0.711. The SMILES string of the molecule is C[C@@H]1CCC[C@H](C)N1Cc1ccccc1. The fraction of sp³-hybridized carbons (Fsp3) is 0.571. The highest BCUT2D eigenvalue weighted by Crippen LogP contribution is 2.24. The molecule has 0 N–H and O–H groups in total. The van der Waals surface area contributed by atoms with E-state index >= 15 is 0 Å². The summed E-state index contributed by atoms with van der Waals surface area (Å²) in [4.78, 5) is 2.64. The van der Waals surface area contributed by atoms with Gasteiger partial charge < -0.3 is 0 Å². The summed E-state index contributed by atoms with van der Waals surface area (Å²) in [6.07, 6.45) is 4.11. The third-order valence-electron chi connectivity index (χ3n) is 3.58. The molecular formula is C14H21N. The molecule has 0 aliphatic carbocycles. The van der Waals surface area contributed by atoms with Gasteiger partial charge >= 0.3 is 0 Å². The molecule has 1 aliphatic heterocycles. The Labute approximate surface area is 93.1 Å². The number of nitrogens with zero attached hydrogens (tertiary/aromatic N) is 1. The van der Waals surface area contributed by atoms with Gasteiger partial charge in [0, 0.05) is 18.6 Å². The van der Waals surface area contributed by atoms with Gasteiger partial charge in [0.1, 0.15) is 0 Å². The molecule has 2 rings (SSSR count). The molecule has 1 aromatic rings. The Balaban J connectivity index is 2.03. The van der Waals surface area contributed by atoms with E-state index in [2.05, 4.69) is 49.1 Å². The summed E-state index contributed by atoms with van der Waals surface area (Å²) in [6.45, 7) is 5.83. The second-order valence-corrected chi connectivity index (χ2v) is 4.79. The van der Waals surface area contributed by atoms with E-state index in [1.807, 2.05) is 0 Å². The standard InChI is InChI=1S/C14H21N/c1-12-7-6-8-13(2)15(12)11-14-9-4-3-5-10-14/h3-5,9-10,12-13H,6-8,11H2,1-2H3/t12-,13+. The highest BCUT2D eigenvalue weighted by molar-refractivity contribution is 5.14. The predicted molar refractivity (Wildman–Crippen MR) is 64.8 cm³/mol. The largest absolute Gasteiger partial charge is 0.294 e. The van der Waals surface area contributed by atoms with E-state index in [4.69, 9.17) is 0 Å². The molecule has 0 amide bonds. The molecule has 82 valence electrons. The van der Waals surface area contributed by atoms with E-state index in [0.717, 1.165) is 18.6 Å². The van der Waals surface area contributed by atoms with Crippen molar-refractivity contribution in [2.45, 2.75) is 51.7 Å². The van der Waals surface area contributed by atoms with Crippen LogP contribution in [0.25, 0.3) is 0 Å². The average molecular weight is 203 g/mol. The van der Waals surface area contributed by atoms with Crippen LogP contribution in [-0.4, -0.2) is 17.0 Å². The van der Waals surface area contributed by atoms with Crippen LogP contribution in [0.5, 0.6) is 0 Å². The van der Waals surface area contributed by atoms with Gasteiger partial charge in [-0.3, -0.25) is 4.90 Å². The maximum atomic E-state index is 2.64. The molecule has 1 heterocycles. The molecule has 0 radical (unpaired) electrons. The van der Waals surface area contributed by atoms with Crippen LogP contribution in [-0.2, 0) is 6.54 Å². The Morgan fingerprint density at radius 2 is 1.67 bits per heavy atom. The van der Waals surface area contributed by atoms with E-state index in [1.165, 1.54) is 24.8 Å². The molecule has 1 aliphatic rings. The maximum Gasteiger partial charge on any atom is 0.0239 e. The van der Waals surface area contributed by atoms with Crippen molar-refractivity contribution in [2.75, 3.05) is 0 Å². The summed E-state index contributed by atoms with van der Waals surface area (Å²) in [5.74, 6) is 0. The average Bonchev–Trinajstić information content (AvgIpc) is 2.25. The molecule has 2 atom stereocenters. The van der Waals surface area contributed by atoms with Crippen LogP contribution in [0.15, 0.2) is 30.3 Å². The first-order valence-electron chi connectivity index (χ1n) is 6.07. The van der Waals surface area contributed by atoms with Crippen LogP contribution in [0, 0.1) is 0 Å². The summed E-state index contributed by atoms with van der Waals surface area (Å²) >= 11 is 0. The molecule has 15 heavy (non-hydrogen) atoms. The molecule has 0 spiro atoms. The second kappa shape index (κ2) is 4.80. The summed E-state index contributed by atoms with van der Waals surface area (Å²) < 4.78 is 0. The van der Waals surface area contributed by atoms with Crippen LogP contribution in [0.2, 0.25) is 0 Å². The van der Waals surface area contributed by atoms with Crippen molar-refractivity contribution in [3.8, 4) is 0 Å². The molecule has 1 fully saturated rings. The monoisotopic (exact) mass is 203 g/mol. The molecule has 0 saturated carbocycles. The zero-order chi connectivity index (χ0) is 10.7. The Hall–Kier alpha value is -0.820. The lowest BCUT2D eigenvalue weighted by molar-refractivity contribution is 0.0953. The minimum Gasteiger partial charge on any atom is -0.294 e. The Morgan fingerprint density at radius 3 is 2.27 bits per heavy atom. The van der Waals surface area contributed by atoms with Gasteiger partial charge in [-0.2, -0.15) is 0 Å². The van der Waals surface area contributed by atoms with Crippen molar-refractivity contribution in [1.29, 1.82) is 0 Å². The molecular weight excluding hydrogens is 182 g/mol. The van der Waals surface area contributed by atoms with E-state index in [-0.39, 0.29) is 0 Å². The molecule has 0 bridgehead atoms. The van der Waals surface area contributed by atoms with Crippen LogP contribution < -0.4 is 0 Å². The predicted octanol–water partition coefficient (Wildman–Crippen LogP) is 3.45. The Morgan fingerprint density at radius 1 is 1.07 bits per heavy atom. The lowest BCUT2D eigenvalue weighted by Gasteiger charge is -2.39. The topological polar surface area (TPSA) is 3.24 Å². The number of hydrogen-bond donors (Lipinski definition) is 0. The first kappa shape index (κ1) is 10.7. The van der Waals surface area contributed by atoms with E-state index in [1.54, 1.807) is 0 Å². The summed E-state index contributed by atoms with van der Waals surface area (Å²) in [5, 5.41) is 0. The number of benzene rings is 1. The zero-order valence-electron chi connectivity index (χ0n) is 9.82. The van der Waals surface area contributed by atoms with Crippen molar-refractivity contribution in [2.24, 2.45) is 0 Å². The molecule has 0 unspecified atom stereocenters. The van der Waals surface area contributed by atoms with E-state index < -0.39 is 0 Å². The Bertz CT molecular complexity index is 283. The highest BCUT2D eigenvalue weighted by atomic mass is 15.2. The van der Waals surface area contributed by atoms with E-state index in [9.17, 15) is 0 Å². The van der Waals surface area contributed by atoms with Crippen LogP contribution in [0.1, 0.15) is 38.7 Å². The van der Waals surface area contributed by atoms with Crippen molar-refractivity contribution in [3.05, 3.63) is 35.9 Å². The van der Waals surface area contributed by atoms with Crippen LogP contribution in [0.4, 0.5) is 0 Å². The maximum absolute atomic E-state index is 2.64. The fourth-order valence-corrected chi connectivity index (χ4v) is 2.58.